The topological polar surface area (TPSA) is 55.1 Å². The van der Waals surface area contributed by atoms with Crippen LogP contribution in [0.25, 0.3) is 5.78 Å². The Bertz CT molecular complexity index is 577. The van der Waals surface area contributed by atoms with E-state index in [1.54, 1.807) is 10.6 Å². The summed E-state index contributed by atoms with van der Waals surface area (Å²) in [7, 11) is 0. The molecule has 1 unspecified atom stereocenters. The lowest BCUT2D eigenvalue weighted by molar-refractivity contribution is 0.349. The fourth-order valence-corrected chi connectivity index (χ4v) is 2.84. The lowest BCUT2D eigenvalue weighted by Crippen LogP contribution is -2.31. The third kappa shape index (κ3) is 1.92. The van der Waals surface area contributed by atoms with Gasteiger partial charge in [-0.2, -0.15) is 19.6 Å². The van der Waals surface area contributed by atoms with Crippen molar-refractivity contribution >= 4 is 23.2 Å². The van der Waals surface area contributed by atoms with Crippen LogP contribution in [0.5, 0.6) is 0 Å². The highest BCUT2D eigenvalue weighted by Gasteiger charge is 2.34. The summed E-state index contributed by atoms with van der Waals surface area (Å²) in [6, 6.07) is 2.24. The van der Waals surface area contributed by atoms with Crippen LogP contribution in [0.4, 0.5) is 5.82 Å². The molecular formula is C12H16ClN5. The normalized spacial score (nSPS) is 22.5. The molecule has 1 atom stereocenters. The lowest BCUT2D eigenvalue weighted by Gasteiger charge is -2.28. The third-order valence-corrected chi connectivity index (χ3v) is 3.99. The van der Waals surface area contributed by atoms with E-state index in [-0.39, 0.29) is 0 Å². The fraction of sp³-hybridized carbons (Fsp3) is 0.583. The van der Waals surface area contributed by atoms with Crippen LogP contribution in [0.2, 0.25) is 5.15 Å². The van der Waals surface area contributed by atoms with Crippen molar-refractivity contribution in [1.29, 1.82) is 0 Å². The first-order chi connectivity index (χ1) is 8.56. The number of halogens is 1. The predicted octanol–water partition coefficient (Wildman–Crippen LogP) is 2.77. The monoisotopic (exact) mass is 265 g/mol. The maximum atomic E-state index is 6.01. The third-order valence-electron chi connectivity index (χ3n) is 3.80. The molecule has 1 fully saturated rings. The summed E-state index contributed by atoms with van der Waals surface area (Å²) in [4.78, 5) is 8.19. The van der Waals surface area contributed by atoms with Crippen LogP contribution >= 0.6 is 11.6 Å². The smallest absolute Gasteiger partial charge is 0.255 e. The molecule has 2 aromatic rings. The standard InChI is InChI=1S/C12H16ClN5/c1-12(2)5-3-4-8(12)16-10-6-9(13)17-11-14-7-15-18(10)11/h6-8,16H,3-5H2,1-2H3. The minimum Gasteiger partial charge on any atom is -0.367 e. The molecule has 0 saturated heterocycles. The van der Waals surface area contributed by atoms with Crippen molar-refractivity contribution in [1.82, 2.24) is 19.6 Å². The van der Waals surface area contributed by atoms with Gasteiger partial charge in [-0.3, -0.25) is 0 Å². The Morgan fingerprint density at radius 2 is 2.33 bits per heavy atom. The lowest BCUT2D eigenvalue weighted by atomic mass is 9.87. The number of rotatable bonds is 2. The first-order valence-electron chi connectivity index (χ1n) is 6.19. The van der Waals surface area contributed by atoms with E-state index in [0.717, 1.165) is 5.82 Å². The molecule has 1 aliphatic rings. The molecule has 6 heteroatoms. The van der Waals surface area contributed by atoms with Gasteiger partial charge in [0.2, 0.25) is 0 Å². The van der Waals surface area contributed by atoms with Crippen LogP contribution in [0.15, 0.2) is 12.4 Å². The number of anilines is 1. The van der Waals surface area contributed by atoms with E-state index in [1.165, 1.54) is 25.6 Å². The van der Waals surface area contributed by atoms with Gasteiger partial charge in [0.25, 0.3) is 5.78 Å². The minimum absolute atomic E-state index is 0.294. The molecule has 5 nitrogen and oxygen atoms in total. The van der Waals surface area contributed by atoms with Gasteiger partial charge >= 0.3 is 0 Å². The summed E-state index contributed by atoms with van der Waals surface area (Å²) in [6.45, 7) is 4.58. The Kier molecular flexibility index (Phi) is 2.66. The molecule has 0 aliphatic heterocycles. The van der Waals surface area contributed by atoms with Crippen LogP contribution in [-0.2, 0) is 0 Å². The zero-order chi connectivity index (χ0) is 12.8. The Labute approximate surface area is 111 Å². The molecule has 0 amide bonds. The predicted molar refractivity (Wildman–Crippen MR) is 70.8 cm³/mol. The van der Waals surface area contributed by atoms with E-state index in [4.69, 9.17) is 11.6 Å². The van der Waals surface area contributed by atoms with Gasteiger partial charge in [-0.1, -0.05) is 31.9 Å². The van der Waals surface area contributed by atoms with Crippen molar-refractivity contribution in [2.75, 3.05) is 5.32 Å². The van der Waals surface area contributed by atoms with Gasteiger partial charge in [0.1, 0.15) is 17.3 Å². The average Bonchev–Trinajstić information content (AvgIpc) is 2.86. The van der Waals surface area contributed by atoms with E-state index < -0.39 is 0 Å². The second kappa shape index (κ2) is 4.09. The summed E-state index contributed by atoms with van der Waals surface area (Å²) in [5.41, 5.74) is 0.294. The number of nitrogens with one attached hydrogen (secondary N) is 1. The van der Waals surface area contributed by atoms with Gasteiger partial charge in [0.15, 0.2) is 0 Å². The maximum absolute atomic E-state index is 6.01. The number of hydrogen-bond donors (Lipinski definition) is 1. The van der Waals surface area contributed by atoms with Crippen molar-refractivity contribution in [3.8, 4) is 0 Å². The second-order valence-electron chi connectivity index (χ2n) is 5.51. The molecule has 3 rings (SSSR count). The van der Waals surface area contributed by atoms with Crippen molar-refractivity contribution in [2.24, 2.45) is 5.41 Å². The highest BCUT2D eigenvalue weighted by atomic mass is 35.5. The van der Waals surface area contributed by atoms with Crippen molar-refractivity contribution in [2.45, 2.75) is 39.2 Å². The quantitative estimate of drug-likeness (QED) is 0.849. The molecule has 1 aliphatic carbocycles. The molecule has 2 aromatic heterocycles. The Morgan fingerprint density at radius 3 is 3.06 bits per heavy atom. The molecule has 2 heterocycles. The highest BCUT2D eigenvalue weighted by molar-refractivity contribution is 6.29. The van der Waals surface area contributed by atoms with Gasteiger partial charge in [-0.15, -0.1) is 0 Å². The molecule has 1 N–H and O–H groups in total. The molecule has 96 valence electrons. The van der Waals surface area contributed by atoms with Gasteiger partial charge in [0.05, 0.1) is 0 Å². The molecule has 0 radical (unpaired) electrons. The average molecular weight is 266 g/mol. The number of aromatic nitrogens is 4. The summed E-state index contributed by atoms with van der Waals surface area (Å²) in [5.74, 6) is 1.39. The molecule has 1 saturated carbocycles. The van der Waals surface area contributed by atoms with E-state index in [0.29, 0.717) is 22.4 Å². The summed E-state index contributed by atoms with van der Waals surface area (Å²) < 4.78 is 1.69. The summed E-state index contributed by atoms with van der Waals surface area (Å²) in [6.07, 6.45) is 5.15. The first-order valence-corrected chi connectivity index (χ1v) is 6.57. The number of nitrogens with zero attached hydrogens (tertiary/aromatic N) is 4. The Hall–Kier alpha value is -1.36. The minimum atomic E-state index is 0.294. The molecule has 18 heavy (non-hydrogen) atoms. The number of fused-ring (bicyclic) bond motifs is 1. The summed E-state index contributed by atoms with van der Waals surface area (Å²) in [5, 5.41) is 8.15. The van der Waals surface area contributed by atoms with Crippen molar-refractivity contribution in [3.05, 3.63) is 17.5 Å². The van der Waals surface area contributed by atoms with Gasteiger partial charge in [-0.25, -0.2) is 0 Å². The highest BCUT2D eigenvalue weighted by Crippen LogP contribution is 2.39. The van der Waals surface area contributed by atoms with Crippen molar-refractivity contribution in [3.63, 3.8) is 0 Å². The van der Waals surface area contributed by atoms with Crippen LogP contribution < -0.4 is 5.32 Å². The first kappa shape index (κ1) is 11.7. The molecule has 0 aromatic carbocycles. The Balaban J connectivity index is 1.97. The van der Waals surface area contributed by atoms with E-state index in [2.05, 4.69) is 34.2 Å². The van der Waals surface area contributed by atoms with Crippen molar-refractivity contribution < 1.29 is 0 Å². The summed E-state index contributed by atoms with van der Waals surface area (Å²) >= 11 is 6.01. The van der Waals surface area contributed by atoms with Crippen LogP contribution in [-0.4, -0.2) is 25.6 Å². The second-order valence-corrected chi connectivity index (χ2v) is 5.90. The number of hydrogen-bond acceptors (Lipinski definition) is 4. The molecule has 0 spiro atoms. The van der Waals surface area contributed by atoms with E-state index in [9.17, 15) is 0 Å². The maximum Gasteiger partial charge on any atom is 0.255 e. The van der Waals surface area contributed by atoms with Gasteiger partial charge in [0, 0.05) is 12.1 Å². The molecule has 0 bridgehead atoms. The fourth-order valence-electron chi connectivity index (χ4n) is 2.66. The van der Waals surface area contributed by atoms with E-state index >= 15 is 0 Å². The van der Waals surface area contributed by atoms with Crippen LogP contribution in [0, 0.1) is 5.41 Å². The van der Waals surface area contributed by atoms with Gasteiger partial charge in [-0.05, 0) is 18.3 Å². The zero-order valence-corrected chi connectivity index (χ0v) is 11.3. The van der Waals surface area contributed by atoms with Crippen LogP contribution in [0.3, 0.4) is 0 Å². The van der Waals surface area contributed by atoms with E-state index in [1.807, 2.05) is 0 Å². The largest absolute Gasteiger partial charge is 0.367 e. The Morgan fingerprint density at radius 1 is 1.50 bits per heavy atom. The van der Waals surface area contributed by atoms with Gasteiger partial charge < -0.3 is 5.32 Å². The SMILES string of the molecule is CC1(C)CCCC1Nc1cc(Cl)nc2ncnn12. The van der Waals surface area contributed by atoms with Crippen LogP contribution in [0.1, 0.15) is 33.1 Å². The zero-order valence-electron chi connectivity index (χ0n) is 10.5. The molecular weight excluding hydrogens is 250 g/mol.